The minimum Gasteiger partial charge on any atom is -0.384 e. The molecule has 1 rings (SSSR count). The van der Waals surface area contributed by atoms with Crippen LogP contribution in [0.1, 0.15) is 27.2 Å². The topological polar surface area (TPSA) is 85.1 Å². The fourth-order valence-electron chi connectivity index (χ4n) is 1.19. The summed E-state index contributed by atoms with van der Waals surface area (Å²) in [6.07, 6.45) is 2.03. The van der Waals surface area contributed by atoms with Crippen molar-refractivity contribution in [1.29, 1.82) is 0 Å². The molecule has 0 saturated heterocycles. The lowest BCUT2D eigenvalue weighted by Gasteiger charge is -2.17. The number of nitrogens with two attached hydrogens (primary N) is 1. The van der Waals surface area contributed by atoms with E-state index in [9.17, 15) is 8.42 Å². The van der Waals surface area contributed by atoms with Crippen molar-refractivity contribution >= 4 is 15.8 Å². The van der Waals surface area contributed by atoms with E-state index in [1.807, 2.05) is 0 Å². The van der Waals surface area contributed by atoms with Gasteiger partial charge in [-0.3, -0.25) is 0 Å². The molecule has 0 aliphatic rings. The number of anilines is 1. The van der Waals surface area contributed by atoms with Crippen molar-refractivity contribution in [2.24, 2.45) is 5.41 Å². The van der Waals surface area contributed by atoms with Crippen LogP contribution in [0.4, 0.5) is 5.82 Å². The van der Waals surface area contributed by atoms with Crippen LogP contribution in [-0.2, 0) is 10.0 Å². The molecule has 1 aromatic heterocycles. The molecule has 1 heterocycles. The van der Waals surface area contributed by atoms with Crippen LogP contribution in [0.25, 0.3) is 0 Å². The summed E-state index contributed by atoms with van der Waals surface area (Å²) in [6, 6.07) is 2.92. The van der Waals surface area contributed by atoms with Gasteiger partial charge in [-0.25, -0.2) is 18.1 Å². The Morgan fingerprint density at radius 1 is 1.35 bits per heavy atom. The van der Waals surface area contributed by atoms with Crippen LogP contribution in [0.3, 0.4) is 0 Å². The fraction of sp³-hybridized carbons (Fsp3) is 0.545. The van der Waals surface area contributed by atoms with Crippen molar-refractivity contribution in [2.45, 2.75) is 32.1 Å². The van der Waals surface area contributed by atoms with Gasteiger partial charge in [0.15, 0.2) is 0 Å². The Morgan fingerprint density at radius 3 is 2.47 bits per heavy atom. The Balaban J connectivity index is 2.66. The predicted octanol–water partition coefficient (Wildman–Crippen LogP) is 1.38. The number of hydrogen-bond acceptors (Lipinski definition) is 4. The summed E-state index contributed by atoms with van der Waals surface area (Å²) in [5.74, 6) is 0.304. The SMILES string of the molecule is CC(C)(C)CCNS(=O)(=O)c1ccc(N)nc1. The van der Waals surface area contributed by atoms with Crippen LogP contribution >= 0.6 is 0 Å². The number of rotatable bonds is 4. The molecule has 0 unspecified atom stereocenters. The molecule has 0 aliphatic carbocycles. The van der Waals surface area contributed by atoms with E-state index in [-0.39, 0.29) is 10.3 Å². The summed E-state index contributed by atoms with van der Waals surface area (Å²) in [7, 11) is -3.47. The third-order valence-corrected chi connectivity index (χ3v) is 3.68. The maximum atomic E-state index is 11.8. The van der Waals surface area contributed by atoms with Crippen LogP contribution in [-0.4, -0.2) is 19.9 Å². The number of sulfonamides is 1. The lowest BCUT2D eigenvalue weighted by Crippen LogP contribution is -2.27. The predicted molar refractivity (Wildman–Crippen MR) is 67.9 cm³/mol. The van der Waals surface area contributed by atoms with Crippen LogP contribution in [0.5, 0.6) is 0 Å². The lowest BCUT2D eigenvalue weighted by atomic mass is 9.93. The van der Waals surface area contributed by atoms with E-state index in [2.05, 4.69) is 30.5 Å². The minimum atomic E-state index is -3.47. The molecule has 0 aliphatic heterocycles. The van der Waals surface area contributed by atoms with E-state index < -0.39 is 10.0 Å². The monoisotopic (exact) mass is 257 g/mol. The van der Waals surface area contributed by atoms with Crippen LogP contribution < -0.4 is 10.5 Å². The van der Waals surface area contributed by atoms with Gasteiger partial charge in [0.2, 0.25) is 10.0 Å². The molecule has 0 atom stereocenters. The molecule has 1 aromatic rings. The average molecular weight is 257 g/mol. The Labute approximate surface area is 102 Å². The standard InChI is InChI=1S/C11H19N3O2S/c1-11(2,3)6-7-14-17(15,16)9-4-5-10(12)13-8-9/h4-5,8,14H,6-7H2,1-3H3,(H2,12,13). The van der Waals surface area contributed by atoms with E-state index in [0.29, 0.717) is 12.4 Å². The third kappa shape index (κ3) is 4.70. The Kier molecular flexibility index (Phi) is 4.11. The van der Waals surface area contributed by atoms with Gasteiger partial charge < -0.3 is 5.73 Å². The van der Waals surface area contributed by atoms with E-state index in [0.717, 1.165) is 6.42 Å². The average Bonchev–Trinajstić information content (AvgIpc) is 2.15. The first-order valence-electron chi connectivity index (χ1n) is 5.42. The van der Waals surface area contributed by atoms with Crippen LogP contribution in [0.2, 0.25) is 0 Å². The number of nitrogens with one attached hydrogen (secondary N) is 1. The summed E-state index contributed by atoms with van der Waals surface area (Å²) in [5.41, 5.74) is 5.50. The van der Waals surface area contributed by atoms with E-state index in [1.54, 1.807) is 0 Å². The molecule has 0 bridgehead atoms. The molecule has 0 amide bonds. The van der Waals surface area contributed by atoms with E-state index in [1.165, 1.54) is 18.3 Å². The minimum absolute atomic E-state index is 0.0991. The Hall–Kier alpha value is -1.14. The van der Waals surface area contributed by atoms with Gasteiger partial charge in [0, 0.05) is 12.7 Å². The highest BCUT2D eigenvalue weighted by Gasteiger charge is 2.16. The summed E-state index contributed by atoms with van der Waals surface area (Å²) in [4.78, 5) is 3.90. The first-order chi connectivity index (χ1) is 7.71. The van der Waals surface area contributed by atoms with Crippen molar-refractivity contribution in [3.05, 3.63) is 18.3 Å². The van der Waals surface area contributed by atoms with Gasteiger partial charge in [0.25, 0.3) is 0 Å². The molecule has 3 N–H and O–H groups in total. The molecule has 0 saturated carbocycles. The van der Waals surface area contributed by atoms with Crippen molar-refractivity contribution < 1.29 is 8.42 Å². The van der Waals surface area contributed by atoms with Gasteiger partial charge in [0.05, 0.1) is 0 Å². The highest BCUT2D eigenvalue weighted by Crippen LogP contribution is 2.17. The largest absolute Gasteiger partial charge is 0.384 e. The van der Waals surface area contributed by atoms with Crippen LogP contribution in [0.15, 0.2) is 23.2 Å². The highest BCUT2D eigenvalue weighted by atomic mass is 32.2. The first kappa shape index (κ1) is 13.9. The zero-order chi connectivity index (χ0) is 13.1. The van der Waals surface area contributed by atoms with Gasteiger partial charge in [-0.2, -0.15) is 0 Å². The molecule has 17 heavy (non-hydrogen) atoms. The van der Waals surface area contributed by atoms with E-state index >= 15 is 0 Å². The summed E-state index contributed by atoms with van der Waals surface area (Å²) >= 11 is 0. The molecular formula is C11H19N3O2S. The summed E-state index contributed by atoms with van der Waals surface area (Å²) in [6.45, 7) is 6.60. The van der Waals surface area contributed by atoms with Gasteiger partial charge in [-0.1, -0.05) is 20.8 Å². The second kappa shape index (κ2) is 5.01. The number of hydrogen-bond donors (Lipinski definition) is 2. The maximum absolute atomic E-state index is 11.8. The maximum Gasteiger partial charge on any atom is 0.242 e. The van der Waals surface area contributed by atoms with Gasteiger partial charge in [-0.05, 0) is 24.0 Å². The molecule has 96 valence electrons. The molecule has 0 aromatic carbocycles. The van der Waals surface area contributed by atoms with Gasteiger partial charge >= 0.3 is 0 Å². The molecule has 6 heteroatoms. The lowest BCUT2D eigenvalue weighted by molar-refractivity contribution is 0.378. The first-order valence-corrected chi connectivity index (χ1v) is 6.90. The second-order valence-corrected chi connectivity index (χ2v) is 6.89. The zero-order valence-electron chi connectivity index (χ0n) is 10.4. The molecule has 5 nitrogen and oxygen atoms in total. The smallest absolute Gasteiger partial charge is 0.242 e. The van der Waals surface area contributed by atoms with Crippen molar-refractivity contribution in [1.82, 2.24) is 9.71 Å². The number of pyridine rings is 1. The van der Waals surface area contributed by atoms with Crippen LogP contribution in [0, 0.1) is 5.41 Å². The zero-order valence-corrected chi connectivity index (χ0v) is 11.2. The Morgan fingerprint density at radius 2 is 2.00 bits per heavy atom. The molecule has 0 radical (unpaired) electrons. The normalized spacial score (nSPS) is 12.6. The summed E-state index contributed by atoms with van der Waals surface area (Å²) < 4.78 is 26.2. The Bertz CT molecular complexity index is 460. The third-order valence-electron chi connectivity index (χ3n) is 2.24. The number of nitrogens with zero attached hydrogens (tertiary/aromatic N) is 1. The quantitative estimate of drug-likeness (QED) is 0.853. The number of aromatic nitrogens is 1. The van der Waals surface area contributed by atoms with Gasteiger partial charge in [0.1, 0.15) is 10.7 Å². The van der Waals surface area contributed by atoms with Gasteiger partial charge in [-0.15, -0.1) is 0 Å². The molecule has 0 fully saturated rings. The van der Waals surface area contributed by atoms with Crippen molar-refractivity contribution in [2.75, 3.05) is 12.3 Å². The van der Waals surface area contributed by atoms with E-state index in [4.69, 9.17) is 5.73 Å². The highest BCUT2D eigenvalue weighted by molar-refractivity contribution is 7.89. The molecular weight excluding hydrogens is 238 g/mol. The molecule has 0 spiro atoms. The van der Waals surface area contributed by atoms with Crippen molar-refractivity contribution in [3.63, 3.8) is 0 Å². The fourth-order valence-corrected chi connectivity index (χ4v) is 2.17. The number of nitrogen functional groups attached to an aromatic ring is 1. The van der Waals surface area contributed by atoms with Crippen molar-refractivity contribution in [3.8, 4) is 0 Å². The summed E-state index contributed by atoms with van der Waals surface area (Å²) in [5, 5.41) is 0. The second-order valence-electron chi connectivity index (χ2n) is 5.13.